The Balaban J connectivity index is 1.78. The number of methoxy groups -OCH3 is 1. The highest BCUT2D eigenvalue weighted by atomic mass is 16.5. The van der Waals surface area contributed by atoms with E-state index >= 15 is 0 Å². The predicted molar refractivity (Wildman–Crippen MR) is 94.8 cm³/mol. The van der Waals surface area contributed by atoms with Crippen molar-refractivity contribution in [3.8, 4) is 5.75 Å². The van der Waals surface area contributed by atoms with Crippen LogP contribution in [0.1, 0.15) is 30.2 Å². The maximum atomic E-state index is 5.19. The molecule has 1 aromatic carbocycles. The highest BCUT2D eigenvalue weighted by molar-refractivity contribution is 5.27. The summed E-state index contributed by atoms with van der Waals surface area (Å²) in [6.07, 6.45) is 6.13. The van der Waals surface area contributed by atoms with Gasteiger partial charge in [-0.2, -0.15) is 5.10 Å². The summed E-state index contributed by atoms with van der Waals surface area (Å²) in [6, 6.07) is 8.76. The molecule has 1 heterocycles. The number of aryl methyl sites for hydroxylation is 2. The minimum atomic E-state index is 0.458. The van der Waals surface area contributed by atoms with Crippen LogP contribution in [0, 0.1) is 6.92 Å². The number of hydrogen-bond acceptors (Lipinski definition) is 3. The van der Waals surface area contributed by atoms with Gasteiger partial charge in [0.1, 0.15) is 5.75 Å². The van der Waals surface area contributed by atoms with Crippen molar-refractivity contribution in [3.63, 3.8) is 0 Å². The molecule has 0 saturated heterocycles. The molecule has 0 aliphatic carbocycles. The van der Waals surface area contributed by atoms with Crippen molar-refractivity contribution in [2.45, 2.75) is 45.8 Å². The van der Waals surface area contributed by atoms with Crippen LogP contribution in [-0.4, -0.2) is 22.9 Å². The second-order valence-corrected chi connectivity index (χ2v) is 5.92. The van der Waals surface area contributed by atoms with Gasteiger partial charge in [0.15, 0.2) is 0 Å². The number of allylic oxidation sites excluding steroid dienone is 1. The maximum absolute atomic E-state index is 5.19. The van der Waals surface area contributed by atoms with Crippen LogP contribution in [0.15, 0.2) is 43.1 Å². The fourth-order valence-corrected chi connectivity index (χ4v) is 2.52. The minimum Gasteiger partial charge on any atom is -0.497 e. The molecule has 0 aliphatic heterocycles. The normalized spacial score (nSPS) is 12.1. The first-order valence-corrected chi connectivity index (χ1v) is 8.12. The van der Waals surface area contributed by atoms with Crippen LogP contribution in [0.4, 0.5) is 0 Å². The number of nitrogens with zero attached hydrogens (tertiary/aromatic N) is 2. The summed E-state index contributed by atoms with van der Waals surface area (Å²) in [7, 11) is 1.69. The molecule has 4 nitrogen and oxygen atoms in total. The van der Waals surface area contributed by atoms with E-state index in [0.29, 0.717) is 6.04 Å². The molecule has 0 aliphatic rings. The molecule has 2 aromatic rings. The summed E-state index contributed by atoms with van der Waals surface area (Å²) >= 11 is 0. The first kappa shape index (κ1) is 17.3. The van der Waals surface area contributed by atoms with E-state index in [2.05, 4.69) is 49.2 Å². The van der Waals surface area contributed by atoms with Crippen molar-refractivity contribution < 1.29 is 4.74 Å². The third-order valence-corrected chi connectivity index (χ3v) is 4.03. The number of hydrogen-bond donors (Lipinski definition) is 1. The third kappa shape index (κ3) is 5.25. The summed E-state index contributed by atoms with van der Waals surface area (Å²) < 4.78 is 7.12. The van der Waals surface area contributed by atoms with Crippen LogP contribution in [-0.2, 0) is 19.5 Å². The second kappa shape index (κ2) is 8.53. The van der Waals surface area contributed by atoms with Gasteiger partial charge in [-0.1, -0.05) is 18.2 Å². The molecule has 0 amide bonds. The molecule has 0 spiro atoms. The molecular weight excluding hydrogens is 286 g/mol. The van der Waals surface area contributed by atoms with Crippen LogP contribution < -0.4 is 10.1 Å². The zero-order chi connectivity index (χ0) is 16.7. The van der Waals surface area contributed by atoms with Crippen LogP contribution in [0.3, 0.4) is 0 Å². The lowest BCUT2D eigenvalue weighted by molar-refractivity contribution is 0.414. The fraction of sp³-hybridized carbons (Fsp3) is 0.421. The number of ether oxygens (including phenoxy) is 1. The average molecular weight is 313 g/mol. The Bertz CT molecular complexity index is 616. The molecule has 23 heavy (non-hydrogen) atoms. The maximum Gasteiger partial charge on any atom is 0.118 e. The monoisotopic (exact) mass is 313 g/mol. The van der Waals surface area contributed by atoms with Crippen LogP contribution >= 0.6 is 0 Å². The molecule has 4 heteroatoms. The van der Waals surface area contributed by atoms with Crippen molar-refractivity contribution in [2.24, 2.45) is 0 Å². The van der Waals surface area contributed by atoms with E-state index in [-0.39, 0.29) is 0 Å². The SMILES string of the molecule is C=CCn1cc(CNC(C)CCc2ccc(OC)cc2)c(C)n1. The van der Waals surface area contributed by atoms with Gasteiger partial charge in [0.05, 0.1) is 19.3 Å². The highest BCUT2D eigenvalue weighted by Gasteiger charge is 2.07. The van der Waals surface area contributed by atoms with E-state index in [1.54, 1.807) is 7.11 Å². The molecule has 0 radical (unpaired) electrons. The predicted octanol–water partition coefficient (Wildman–Crippen LogP) is 3.50. The third-order valence-electron chi connectivity index (χ3n) is 4.03. The second-order valence-electron chi connectivity index (χ2n) is 5.92. The van der Waals surface area contributed by atoms with E-state index in [1.807, 2.05) is 22.9 Å². The summed E-state index contributed by atoms with van der Waals surface area (Å²) in [5.41, 5.74) is 3.68. The zero-order valence-electron chi connectivity index (χ0n) is 14.4. The van der Waals surface area contributed by atoms with Gasteiger partial charge in [-0.05, 0) is 44.4 Å². The summed E-state index contributed by atoms with van der Waals surface area (Å²) in [5, 5.41) is 8.07. The Morgan fingerprint density at radius 1 is 1.35 bits per heavy atom. The molecule has 0 fully saturated rings. The molecule has 1 unspecified atom stereocenters. The summed E-state index contributed by atoms with van der Waals surface area (Å²) in [6.45, 7) is 9.64. The van der Waals surface area contributed by atoms with Crippen molar-refractivity contribution >= 4 is 0 Å². The topological polar surface area (TPSA) is 39.1 Å². The summed E-state index contributed by atoms with van der Waals surface area (Å²) in [5.74, 6) is 0.909. The lowest BCUT2D eigenvalue weighted by Gasteiger charge is -2.13. The van der Waals surface area contributed by atoms with Crippen molar-refractivity contribution in [2.75, 3.05) is 7.11 Å². The lowest BCUT2D eigenvalue weighted by Crippen LogP contribution is -2.26. The van der Waals surface area contributed by atoms with Gasteiger partial charge >= 0.3 is 0 Å². The Morgan fingerprint density at radius 2 is 2.09 bits per heavy atom. The molecule has 124 valence electrons. The lowest BCUT2D eigenvalue weighted by atomic mass is 10.1. The minimum absolute atomic E-state index is 0.458. The van der Waals surface area contributed by atoms with Gasteiger partial charge < -0.3 is 10.1 Å². The number of aromatic nitrogens is 2. The first-order valence-electron chi connectivity index (χ1n) is 8.12. The van der Waals surface area contributed by atoms with Gasteiger partial charge in [0, 0.05) is 24.3 Å². The molecule has 1 N–H and O–H groups in total. The van der Waals surface area contributed by atoms with Crippen molar-refractivity contribution in [1.82, 2.24) is 15.1 Å². The molecule has 0 saturated carbocycles. The molecule has 0 bridgehead atoms. The quantitative estimate of drug-likeness (QED) is 0.720. The van der Waals surface area contributed by atoms with Gasteiger partial charge in [0.2, 0.25) is 0 Å². The number of benzene rings is 1. The van der Waals surface area contributed by atoms with Gasteiger partial charge in [0.25, 0.3) is 0 Å². The van der Waals surface area contributed by atoms with E-state index in [1.165, 1.54) is 11.1 Å². The highest BCUT2D eigenvalue weighted by Crippen LogP contribution is 2.13. The van der Waals surface area contributed by atoms with Gasteiger partial charge in [-0.3, -0.25) is 4.68 Å². The molecule has 1 aromatic heterocycles. The Labute approximate surface area is 139 Å². The Hall–Kier alpha value is -2.07. The fourth-order valence-electron chi connectivity index (χ4n) is 2.52. The molecule has 1 atom stereocenters. The van der Waals surface area contributed by atoms with Crippen LogP contribution in [0.2, 0.25) is 0 Å². The van der Waals surface area contributed by atoms with Crippen LogP contribution in [0.5, 0.6) is 5.75 Å². The largest absolute Gasteiger partial charge is 0.497 e. The smallest absolute Gasteiger partial charge is 0.118 e. The number of nitrogens with one attached hydrogen (secondary N) is 1. The Morgan fingerprint density at radius 3 is 2.74 bits per heavy atom. The Kier molecular flexibility index (Phi) is 6.41. The van der Waals surface area contributed by atoms with Crippen molar-refractivity contribution in [3.05, 3.63) is 59.9 Å². The first-order chi connectivity index (χ1) is 11.1. The van der Waals surface area contributed by atoms with E-state index in [0.717, 1.165) is 37.4 Å². The standard InChI is InChI=1S/C19H27N3O/c1-5-12-22-14-18(16(3)21-22)13-20-15(2)6-7-17-8-10-19(23-4)11-9-17/h5,8-11,14-15,20H,1,6-7,12-13H2,2-4H3. The van der Waals surface area contributed by atoms with E-state index in [4.69, 9.17) is 4.74 Å². The van der Waals surface area contributed by atoms with Gasteiger partial charge in [-0.15, -0.1) is 6.58 Å². The molecule has 2 rings (SSSR count). The summed E-state index contributed by atoms with van der Waals surface area (Å²) in [4.78, 5) is 0. The van der Waals surface area contributed by atoms with Crippen LogP contribution in [0.25, 0.3) is 0 Å². The molecular formula is C19H27N3O. The van der Waals surface area contributed by atoms with E-state index in [9.17, 15) is 0 Å². The van der Waals surface area contributed by atoms with Gasteiger partial charge in [-0.25, -0.2) is 0 Å². The zero-order valence-corrected chi connectivity index (χ0v) is 14.4. The average Bonchev–Trinajstić information content (AvgIpc) is 2.91. The number of rotatable bonds is 9. The van der Waals surface area contributed by atoms with Crippen molar-refractivity contribution in [1.29, 1.82) is 0 Å². The van der Waals surface area contributed by atoms with E-state index < -0.39 is 0 Å².